The van der Waals surface area contributed by atoms with E-state index in [2.05, 4.69) is 23.2 Å². The van der Waals surface area contributed by atoms with E-state index in [4.69, 9.17) is 4.74 Å². The summed E-state index contributed by atoms with van der Waals surface area (Å²) in [5.74, 6) is 1.80. The van der Waals surface area contributed by atoms with E-state index in [0.717, 1.165) is 43.8 Å². The Hall–Kier alpha value is -1.55. The van der Waals surface area contributed by atoms with Gasteiger partial charge < -0.3 is 15.0 Å². The Bertz CT molecular complexity index is 513. The highest BCUT2D eigenvalue weighted by atomic mass is 16.5. The van der Waals surface area contributed by atoms with Crippen molar-refractivity contribution in [2.24, 2.45) is 11.8 Å². The number of hydrogen-bond donors (Lipinski definition) is 1. The predicted octanol–water partition coefficient (Wildman–Crippen LogP) is 2.21. The highest BCUT2D eigenvalue weighted by molar-refractivity contribution is 5.80. The molecule has 2 aliphatic heterocycles. The lowest BCUT2D eigenvalue weighted by Crippen LogP contribution is -2.50. The molecule has 2 unspecified atom stereocenters. The summed E-state index contributed by atoms with van der Waals surface area (Å²) in [7, 11) is 1.70. The Kier molecular flexibility index (Phi) is 4.15. The standard InChI is InChI=1S/C17H24N2O2/c1-12(13-10-18-11-13)17(20)19-9-5-7-15(19)14-6-3-4-8-16(14)21-2/h3-4,6,8,12-13,15,18H,5,7,9-11H2,1-2H3. The van der Waals surface area contributed by atoms with Gasteiger partial charge in [0.05, 0.1) is 13.2 Å². The number of amides is 1. The SMILES string of the molecule is COc1ccccc1C1CCCN1C(=O)C(C)C1CNC1. The molecule has 0 bridgehead atoms. The average Bonchev–Trinajstić information content (AvgIpc) is 2.93. The topological polar surface area (TPSA) is 41.6 Å². The molecule has 2 fully saturated rings. The van der Waals surface area contributed by atoms with E-state index in [0.29, 0.717) is 11.8 Å². The van der Waals surface area contributed by atoms with Crippen molar-refractivity contribution in [3.63, 3.8) is 0 Å². The second-order valence-electron chi connectivity index (χ2n) is 6.14. The Balaban J connectivity index is 1.80. The molecule has 1 aromatic rings. The van der Waals surface area contributed by atoms with Crippen LogP contribution in [0.4, 0.5) is 0 Å². The van der Waals surface area contributed by atoms with Gasteiger partial charge in [-0.25, -0.2) is 0 Å². The smallest absolute Gasteiger partial charge is 0.226 e. The van der Waals surface area contributed by atoms with Crippen LogP contribution in [0.5, 0.6) is 5.75 Å². The number of ether oxygens (including phenoxy) is 1. The molecule has 3 rings (SSSR count). The minimum atomic E-state index is 0.113. The van der Waals surface area contributed by atoms with Gasteiger partial charge in [-0.15, -0.1) is 0 Å². The number of benzene rings is 1. The van der Waals surface area contributed by atoms with Crippen LogP contribution < -0.4 is 10.1 Å². The number of likely N-dealkylation sites (tertiary alicyclic amines) is 1. The molecule has 1 aromatic carbocycles. The molecule has 0 spiro atoms. The van der Waals surface area contributed by atoms with Crippen molar-refractivity contribution < 1.29 is 9.53 Å². The molecule has 1 N–H and O–H groups in total. The lowest BCUT2D eigenvalue weighted by Gasteiger charge is -2.36. The zero-order valence-corrected chi connectivity index (χ0v) is 12.8. The van der Waals surface area contributed by atoms with Crippen molar-refractivity contribution in [3.05, 3.63) is 29.8 Å². The molecule has 0 saturated carbocycles. The Morgan fingerprint density at radius 2 is 2.14 bits per heavy atom. The Morgan fingerprint density at radius 1 is 1.38 bits per heavy atom. The van der Waals surface area contributed by atoms with Gasteiger partial charge in [-0.1, -0.05) is 25.1 Å². The highest BCUT2D eigenvalue weighted by Gasteiger charge is 2.37. The Labute approximate surface area is 126 Å². The summed E-state index contributed by atoms with van der Waals surface area (Å²) in [6.45, 7) is 4.89. The third kappa shape index (κ3) is 2.64. The molecule has 1 amide bonds. The lowest BCUT2D eigenvalue weighted by molar-refractivity contribution is -0.138. The number of hydrogen-bond acceptors (Lipinski definition) is 3. The van der Waals surface area contributed by atoms with Gasteiger partial charge in [-0.2, -0.15) is 0 Å². The normalized spacial score (nSPS) is 23.7. The van der Waals surface area contributed by atoms with E-state index in [1.165, 1.54) is 0 Å². The summed E-state index contributed by atoms with van der Waals surface area (Å²) in [5.41, 5.74) is 1.14. The van der Waals surface area contributed by atoms with Crippen molar-refractivity contribution >= 4 is 5.91 Å². The van der Waals surface area contributed by atoms with Gasteiger partial charge in [0.2, 0.25) is 5.91 Å². The zero-order valence-electron chi connectivity index (χ0n) is 12.8. The van der Waals surface area contributed by atoms with E-state index < -0.39 is 0 Å². The Morgan fingerprint density at radius 3 is 2.81 bits per heavy atom. The number of carbonyl (C=O) groups is 1. The zero-order chi connectivity index (χ0) is 14.8. The third-order valence-electron chi connectivity index (χ3n) is 4.94. The molecule has 0 aliphatic carbocycles. The van der Waals surface area contributed by atoms with Gasteiger partial charge in [0.1, 0.15) is 5.75 Å². The van der Waals surface area contributed by atoms with E-state index in [-0.39, 0.29) is 12.0 Å². The third-order valence-corrected chi connectivity index (χ3v) is 4.94. The van der Waals surface area contributed by atoms with Gasteiger partial charge in [0.15, 0.2) is 0 Å². The van der Waals surface area contributed by atoms with E-state index in [1.54, 1.807) is 7.11 Å². The summed E-state index contributed by atoms with van der Waals surface area (Å²) < 4.78 is 5.48. The number of para-hydroxylation sites is 1. The number of rotatable bonds is 4. The van der Waals surface area contributed by atoms with Crippen LogP contribution in [0.3, 0.4) is 0 Å². The lowest BCUT2D eigenvalue weighted by atomic mass is 9.87. The molecule has 4 heteroatoms. The molecular formula is C17H24N2O2. The van der Waals surface area contributed by atoms with Gasteiger partial charge in [-0.3, -0.25) is 4.79 Å². The van der Waals surface area contributed by atoms with Gasteiger partial charge >= 0.3 is 0 Å². The first-order valence-corrected chi connectivity index (χ1v) is 7.86. The molecule has 2 saturated heterocycles. The van der Waals surface area contributed by atoms with E-state index in [1.807, 2.05) is 18.2 Å². The molecule has 2 aliphatic rings. The van der Waals surface area contributed by atoms with Crippen LogP contribution in [-0.2, 0) is 4.79 Å². The molecular weight excluding hydrogens is 264 g/mol. The first kappa shape index (κ1) is 14.4. The van der Waals surface area contributed by atoms with Gasteiger partial charge in [-0.05, 0) is 37.9 Å². The van der Waals surface area contributed by atoms with Crippen molar-refractivity contribution in [1.82, 2.24) is 10.2 Å². The first-order chi connectivity index (χ1) is 10.2. The van der Waals surface area contributed by atoms with E-state index >= 15 is 0 Å². The van der Waals surface area contributed by atoms with Gasteiger partial charge in [0.25, 0.3) is 0 Å². The maximum absolute atomic E-state index is 12.8. The van der Waals surface area contributed by atoms with Crippen LogP contribution in [-0.4, -0.2) is 37.6 Å². The molecule has 2 atom stereocenters. The minimum absolute atomic E-state index is 0.113. The molecule has 0 radical (unpaired) electrons. The fraction of sp³-hybridized carbons (Fsp3) is 0.588. The largest absolute Gasteiger partial charge is 0.496 e. The van der Waals surface area contributed by atoms with Crippen molar-refractivity contribution in [2.75, 3.05) is 26.7 Å². The molecule has 21 heavy (non-hydrogen) atoms. The molecule has 2 heterocycles. The van der Waals surface area contributed by atoms with Crippen LogP contribution >= 0.6 is 0 Å². The maximum Gasteiger partial charge on any atom is 0.226 e. The fourth-order valence-electron chi connectivity index (χ4n) is 3.42. The van der Waals surface area contributed by atoms with Crippen molar-refractivity contribution in [1.29, 1.82) is 0 Å². The fourth-order valence-corrected chi connectivity index (χ4v) is 3.42. The van der Waals surface area contributed by atoms with Crippen LogP contribution in [0.25, 0.3) is 0 Å². The van der Waals surface area contributed by atoms with E-state index in [9.17, 15) is 4.79 Å². The summed E-state index contributed by atoms with van der Waals surface area (Å²) in [5, 5.41) is 3.26. The van der Waals surface area contributed by atoms with Crippen molar-refractivity contribution in [3.8, 4) is 5.75 Å². The first-order valence-electron chi connectivity index (χ1n) is 7.86. The molecule has 114 valence electrons. The van der Waals surface area contributed by atoms with Crippen LogP contribution in [0.2, 0.25) is 0 Å². The van der Waals surface area contributed by atoms with Gasteiger partial charge in [0, 0.05) is 18.0 Å². The predicted molar refractivity (Wildman–Crippen MR) is 82.2 cm³/mol. The number of methoxy groups -OCH3 is 1. The molecule has 4 nitrogen and oxygen atoms in total. The minimum Gasteiger partial charge on any atom is -0.496 e. The number of nitrogens with one attached hydrogen (secondary N) is 1. The number of nitrogens with zero attached hydrogens (tertiary/aromatic N) is 1. The summed E-state index contributed by atoms with van der Waals surface area (Å²) in [4.78, 5) is 14.9. The summed E-state index contributed by atoms with van der Waals surface area (Å²) in [6, 6.07) is 8.24. The number of carbonyl (C=O) groups excluding carboxylic acids is 1. The monoisotopic (exact) mass is 288 g/mol. The maximum atomic E-state index is 12.8. The summed E-state index contributed by atoms with van der Waals surface area (Å²) in [6.07, 6.45) is 2.10. The summed E-state index contributed by atoms with van der Waals surface area (Å²) >= 11 is 0. The van der Waals surface area contributed by atoms with Crippen LogP contribution in [0.1, 0.15) is 31.4 Å². The average molecular weight is 288 g/mol. The quantitative estimate of drug-likeness (QED) is 0.923. The second-order valence-corrected chi connectivity index (χ2v) is 6.14. The molecule has 0 aromatic heterocycles. The second kappa shape index (κ2) is 6.06. The van der Waals surface area contributed by atoms with Crippen LogP contribution in [0.15, 0.2) is 24.3 Å². The highest BCUT2D eigenvalue weighted by Crippen LogP contribution is 2.38. The van der Waals surface area contributed by atoms with Crippen molar-refractivity contribution in [2.45, 2.75) is 25.8 Å². The van der Waals surface area contributed by atoms with Crippen LogP contribution in [0, 0.1) is 11.8 Å².